The van der Waals surface area contributed by atoms with Gasteiger partial charge in [-0.05, 0) is 11.3 Å². The van der Waals surface area contributed by atoms with E-state index in [1.165, 1.54) is 6.26 Å². The van der Waals surface area contributed by atoms with Crippen molar-refractivity contribution in [2.24, 2.45) is 11.3 Å². The number of carbonyl (C=O) groups is 1. The number of rotatable bonds is 3. The molecule has 1 aromatic rings. The lowest BCUT2D eigenvalue weighted by atomic mass is 9.80. The van der Waals surface area contributed by atoms with Gasteiger partial charge in [0.25, 0.3) is 0 Å². The summed E-state index contributed by atoms with van der Waals surface area (Å²) in [6, 6.07) is 0. The quantitative estimate of drug-likeness (QED) is 0.834. The molecule has 1 heterocycles. The van der Waals surface area contributed by atoms with Gasteiger partial charge in [-0.15, -0.1) is 0 Å². The number of carboxylic acids is 1. The maximum atomic E-state index is 10.6. The molecule has 0 saturated carbocycles. The molecule has 1 aromatic heterocycles. The zero-order valence-corrected chi connectivity index (χ0v) is 9.57. The van der Waals surface area contributed by atoms with Crippen LogP contribution in [0.4, 0.5) is 0 Å². The van der Waals surface area contributed by atoms with Gasteiger partial charge in [-0.25, -0.2) is 9.78 Å². The lowest BCUT2D eigenvalue weighted by Gasteiger charge is -2.25. The molecule has 0 fully saturated rings. The van der Waals surface area contributed by atoms with Gasteiger partial charge in [-0.1, -0.05) is 27.7 Å². The monoisotopic (exact) mass is 211 g/mol. The molecule has 0 radical (unpaired) electrons. The first kappa shape index (κ1) is 11.8. The van der Waals surface area contributed by atoms with Crippen LogP contribution in [-0.2, 0) is 6.42 Å². The number of aromatic nitrogens is 1. The fourth-order valence-electron chi connectivity index (χ4n) is 1.07. The third-order valence-corrected chi connectivity index (χ3v) is 2.73. The largest absolute Gasteiger partial charge is 0.476 e. The Balaban J connectivity index is 2.69. The van der Waals surface area contributed by atoms with Crippen molar-refractivity contribution < 1.29 is 14.3 Å². The topological polar surface area (TPSA) is 63.3 Å². The molecule has 4 heteroatoms. The summed E-state index contributed by atoms with van der Waals surface area (Å²) in [6.07, 6.45) is 1.85. The van der Waals surface area contributed by atoms with Crippen molar-refractivity contribution in [2.45, 2.75) is 34.1 Å². The molecule has 0 bridgehead atoms. The molecule has 1 atom stereocenters. The van der Waals surface area contributed by atoms with Crippen LogP contribution in [0, 0.1) is 11.3 Å². The van der Waals surface area contributed by atoms with Crippen LogP contribution < -0.4 is 0 Å². The average Bonchev–Trinajstić information content (AvgIpc) is 2.50. The minimum Gasteiger partial charge on any atom is -0.476 e. The molecule has 4 nitrogen and oxygen atoms in total. The molecule has 15 heavy (non-hydrogen) atoms. The van der Waals surface area contributed by atoms with Gasteiger partial charge in [0.2, 0.25) is 0 Å². The van der Waals surface area contributed by atoms with Gasteiger partial charge in [0, 0.05) is 6.42 Å². The summed E-state index contributed by atoms with van der Waals surface area (Å²) >= 11 is 0. The van der Waals surface area contributed by atoms with Gasteiger partial charge in [-0.3, -0.25) is 0 Å². The molecule has 0 amide bonds. The van der Waals surface area contributed by atoms with Gasteiger partial charge in [0.05, 0.1) is 0 Å². The lowest BCUT2D eigenvalue weighted by molar-refractivity contribution is 0.0690. The zero-order valence-electron chi connectivity index (χ0n) is 9.57. The van der Waals surface area contributed by atoms with Crippen LogP contribution >= 0.6 is 0 Å². The summed E-state index contributed by atoms with van der Waals surface area (Å²) in [5.74, 6) is -0.166. The van der Waals surface area contributed by atoms with E-state index in [9.17, 15) is 4.79 Å². The highest BCUT2D eigenvalue weighted by atomic mass is 16.4. The molecule has 0 saturated heterocycles. The molecule has 1 rings (SSSR count). The highest BCUT2D eigenvalue weighted by Gasteiger charge is 2.22. The predicted molar refractivity (Wildman–Crippen MR) is 55.8 cm³/mol. The number of hydrogen-bond acceptors (Lipinski definition) is 3. The lowest BCUT2D eigenvalue weighted by Crippen LogP contribution is -2.19. The number of oxazole rings is 1. The molecular weight excluding hydrogens is 194 g/mol. The Morgan fingerprint density at radius 1 is 1.60 bits per heavy atom. The van der Waals surface area contributed by atoms with E-state index in [1.54, 1.807) is 0 Å². The molecule has 84 valence electrons. The average molecular weight is 211 g/mol. The fourth-order valence-corrected chi connectivity index (χ4v) is 1.07. The zero-order chi connectivity index (χ0) is 11.6. The Bertz CT molecular complexity index is 349. The molecule has 1 unspecified atom stereocenters. The molecule has 0 spiro atoms. The smallest absolute Gasteiger partial charge is 0.357 e. The number of aromatic carboxylic acids is 1. The standard InChI is InChI=1S/C11H17NO3/c1-7(11(2,3)4)5-9-12-8(6-15-9)10(13)14/h6-7H,5H2,1-4H3,(H,13,14). The van der Waals surface area contributed by atoms with Crippen LogP contribution in [0.5, 0.6) is 0 Å². The van der Waals surface area contributed by atoms with E-state index in [0.29, 0.717) is 18.2 Å². The van der Waals surface area contributed by atoms with E-state index in [-0.39, 0.29) is 11.1 Å². The van der Waals surface area contributed by atoms with E-state index >= 15 is 0 Å². The van der Waals surface area contributed by atoms with Crippen molar-refractivity contribution in [3.8, 4) is 0 Å². The molecule has 0 aliphatic heterocycles. The second kappa shape index (κ2) is 4.04. The Morgan fingerprint density at radius 2 is 2.20 bits per heavy atom. The fraction of sp³-hybridized carbons (Fsp3) is 0.636. The first-order valence-electron chi connectivity index (χ1n) is 4.98. The summed E-state index contributed by atoms with van der Waals surface area (Å²) in [5, 5.41) is 8.67. The van der Waals surface area contributed by atoms with Crippen LogP contribution in [0.2, 0.25) is 0 Å². The Kier molecular flexibility index (Phi) is 3.17. The molecule has 0 aliphatic rings. The van der Waals surface area contributed by atoms with E-state index in [4.69, 9.17) is 9.52 Å². The summed E-state index contributed by atoms with van der Waals surface area (Å²) in [5.41, 5.74) is 0.142. The van der Waals surface area contributed by atoms with Gasteiger partial charge in [0.1, 0.15) is 6.26 Å². The van der Waals surface area contributed by atoms with Crippen LogP contribution in [0.1, 0.15) is 44.1 Å². The van der Waals surface area contributed by atoms with Crippen LogP contribution in [0.15, 0.2) is 10.7 Å². The third-order valence-electron chi connectivity index (χ3n) is 2.73. The van der Waals surface area contributed by atoms with Gasteiger partial charge >= 0.3 is 5.97 Å². The van der Waals surface area contributed by atoms with E-state index < -0.39 is 5.97 Å². The van der Waals surface area contributed by atoms with Crippen molar-refractivity contribution in [3.63, 3.8) is 0 Å². The summed E-state index contributed by atoms with van der Waals surface area (Å²) in [4.78, 5) is 14.5. The second-order valence-electron chi connectivity index (χ2n) is 4.90. The normalized spacial score (nSPS) is 13.9. The highest BCUT2D eigenvalue weighted by molar-refractivity contribution is 5.84. The Morgan fingerprint density at radius 3 is 2.60 bits per heavy atom. The summed E-state index contributed by atoms with van der Waals surface area (Å²) < 4.78 is 5.10. The minimum atomic E-state index is -1.05. The van der Waals surface area contributed by atoms with Crippen molar-refractivity contribution >= 4 is 5.97 Å². The van der Waals surface area contributed by atoms with E-state index in [0.717, 1.165) is 0 Å². The van der Waals surface area contributed by atoms with Crippen LogP contribution in [0.3, 0.4) is 0 Å². The van der Waals surface area contributed by atoms with E-state index in [2.05, 4.69) is 32.7 Å². The van der Waals surface area contributed by atoms with Gasteiger partial charge in [-0.2, -0.15) is 0 Å². The van der Waals surface area contributed by atoms with Gasteiger partial charge in [0.15, 0.2) is 11.6 Å². The highest BCUT2D eigenvalue weighted by Crippen LogP contribution is 2.28. The SMILES string of the molecule is CC(Cc1nc(C(=O)O)co1)C(C)(C)C. The summed E-state index contributed by atoms with van der Waals surface area (Å²) in [6.45, 7) is 8.51. The maximum Gasteiger partial charge on any atom is 0.357 e. The second-order valence-corrected chi connectivity index (χ2v) is 4.90. The van der Waals surface area contributed by atoms with Crippen LogP contribution in [0.25, 0.3) is 0 Å². The molecule has 0 aliphatic carbocycles. The van der Waals surface area contributed by atoms with Crippen molar-refractivity contribution in [1.82, 2.24) is 4.98 Å². The molecular formula is C11H17NO3. The molecule has 1 N–H and O–H groups in total. The number of carboxylic acid groups (broad SMARTS) is 1. The minimum absolute atomic E-state index is 0.0221. The van der Waals surface area contributed by atoms with Gasteiger partial charge < -0.3 is 9.52 Å². The maximum absolute atomic E-state index is 10.6. The van der Waals surface area contributed by atoms with Crippen molar-refractivity contribution in [3.05, 3.63) is 17.8 Å². The number of hydrogen-bond donors (Lipinski definition) is 1. The first-order valence-corrected chi connectivity index (χ1v) is 4.98. The Labute approximate surface area is 89.3 Å². The first-order chi connectivity index (χ1) is 6.80. The summed E-state index contributed by atoms with van der Waals surface area (Å²) in [7, 11) is 0. The predicted octanol–water partition coefficient (Wildman–Crippen LogP) is 2.60. The number of nitrogens with zero attached hydrogens (tertiary/aromatic N) is 1. The van der Waals surface area contributed by atoms with E-state index in [1.807, 2.05) is 0 Å². The van der Waals surface area contributed by atoms with Crippen molar-refractivity contribution in [1.29, 1.82) is 0 Å². The van der Waals surface area contributed by atoms with Crippen LogP contribution in [-0.4, -0.2) is 16.1 Å². The molecule has 0 aromatic carbocycles. The Hall–Kier alpha value is -1.32. The third kappa shape index (κ3) is 3.08. The van der Waals surface area contributed by atoms with Crippen molar-refractivity contribution in [2.75, 3.05) is 0 Å².